The maximum absolute atomic E-state index is 5.56. The summed E-state index contributed by atoms with van der Waals surface area (Å²) in [6.45, 7) is 8.17. The lowest BCUT2D eigenvalue weighted by atomic mass is 10.2. The number of aromatic nitrogens is 1. The van der Waals surface area contributed by atoms with E-state index in [0.29, 0.717) is 0 Å². The standard InChI is InChI=1S/C14H24N2O/c1-13(2)12-15-8-5-10-17-11-7-14-6-3-4-9-16-14/h3-4,6,9,13,15H,5,7-8,10-12H2,1-2H3. The molecule has 0 bridgehead atoms. The van der Waals surface area contributed by atoms with Crippen LogP contribution in [-0.4, -0.2) is 31.3 Å². The molecule has 0 aliphatic rings. The molecule has 0 saturated carbocycles. The number of nitrogens with one attached hydrogen (secondary N) is 1. The number of hydrogen-bond donors (Lipinski definition) is 1. The summed E-state index contributed by atoms with van der Waals surface area (Å²) in [6, 6.07) is 5.98. The van der Waals surface area contributed by atoms with Gasteiger partial charge in [0.1, 0.15) is 0 Å². The third-order valence-electron chi connectivity index (χ3n) is 2.42. The summed E-state index contributed by atoms with van der Waals surface area (Å²) in [5.41, 5.74) is 1.10. The molecule has 0 spiro atoms. The molecule has 0 radical (unpaired) electrons. The predicted octanol–water partition coefficient (Wildman–Crippen LogP) is 2.28. The Bertz CT molecular complexity index is 275. The van der Waals surface area contributed by atoms with Gasteiger partial charge in [-0.25, -0.2) is 0 Å². The smallest absolute Gasteiger partial charge is 0.0521 e. The minimum absolute atomic E-state index is 0.722. The van der Waals surface area contributed by atoms with Gasteiger partial charge in [-0.05, 0) is 37.6 Å². The molecule has 96 valence electrons. The molecular weight excluding hydrogens is 212 g/mol. The molecule has 0 aromatic carbocycles. The number of rotatable bonds is 9. The van der Waals surface area contributed by atoms with E-state index >= 15 is 0 Å². The van der Waals surface area contributed by atoms with Crippen LogP contribution in [-0.2, 0) is 11.2 Å². The van der Waals surface area contributed by atoms with Crippen LogP contribution in [0.1, 0.15) is 26.0 Å². The molecule has 0 aliphatic carbocycles. The molecule has 3 heteroatoms. The Morgan fingerprint density at radius 3 is 2.88 bits per heavy atom. The minimum atomic E-state index is 0.722. The van der Waals surface area contributed by atoms with Crippen LogP contribution in [0.25, 0.3) is 0 Å². The van der Waals surface area contributed by atoms with Crippen LogP contribution >= 0.6 is 0 Å². The molecule has 1 aromatic rings. The lowest BCUT2D eigenvalue weighted by molar-refractivity contribution is 0.134. The van der Waals surface area contributed by atoms with Gasteiger partial charge >= 0.3 is 0 Å². The van der Waals surface area contributed by atoms with Gasteiger partial charge in [0, 0.05) is 24.9 Å². The highest BCUT2D eigenvalue weighted by Gasteiger charge is 1.95. The third-order valence-corrected chi connectivity index (χ3v) is 2.42. The third kappa shape index (κ3) is 7.88. The highest BCUT2D eigenvalue weighted by Crippen LogP contribution is 1.95. The number of pyridine rings is 1. The van der Waals surface area contributed by atoms with Crippen LogP contribution in [0.3, 0.4) is 0 Å². The molecule has 1 N–H and O–H groups in total. The summed E-state index contributed by atoms with van der Waals surface area (Å²) >= 11 is 0. The van der Waals surface area contributed by atoms with Crippen LogP contribution in [0.15, 0.2) is 24.4 Å². The van der Waals surface area contributed by atoms with Crippen molar-refractivity contribution in [2.45, 2.75) is 26.7 Å². The van der Waals surface area contributed by atoms with Crippen LogP contribution in [0.2, 0.25) is 0 Å². The second-order valence-corrected chi connectivity index (χ2v) is 4.63. The molecule has 1 rings (SSSR count). The highest BCUT2D eigenvalue weighted by atomic mass is 16.5. The summed E-state index contributed by atoms with van der Waals surface area (Å²) in [5.74, 6) is 0.722. The lowest BCUT2D eigenvalue weighted by Gasteiger charge is -2.07. The summed E-state index contributed by atoms with van der Waals surface area (Å²) in [5, 5.41) is 3.40. The Kier molecular flexibility index (Phi) is 7.60. The molecule has 0 fully saturated rings. The largest absolute Gasteiger partial charge is 0.381 e. The van der Waals surface area contributed by atoms with Crippen molar-refractivity contribution in [1.82, 2.24) is 10.3 Å². The Hall–Kier alpha value is -0.930. The van der Waals surface area contributed by atoms with Gasteiger partial charge in [-0.2, -0.15) is 0 Å². The zero-order chi connectivity index (χ0) is 12.3. The molecule has 0 atom stereocenters. The minimum Gasteiger partial charge on any atom is -0.381 e. The molecule has 0 saturated heterocycles. The van der Waals surface area contributed by atoms with Crippen molar-refractivity contribution in [1.29, 1.82) is 0 Å². The first-order chi connectivity index (χ1) is 8.29. The summed E-state index contributed by atoms with van der Waals surface area (Å²) in [4.78, 5) is 4.25. The first-order valence-electron chi connectivity index (χ1n) is 6.47. The lowest BCUT2D eigenvalue weighted by Crippen LogP contribution is -2.21. The number of nitrogens with zero attached hydrogens (tertiary/aromatic N) is 1. The Morgan fingerprint density at radius 1 is 1.29 bits per heavy atom. The van der Waals surface area contributed by atoms with Crippen LogP contribution in [0.5, 0.6) is 0 Å². The van der Waals surface area contributed by atoms with Gasteiger partial charge in [0.25, 0.3) is 0 Å². The predicted molar refractivity (Wildman–Crippen MR) is 71.1 cm³/mol. The zero-order valence-corrected chi connectivity index (χ0v) is 11.0. The maximum atomic E-state index is 5.56. The van der Waals surface area contributed by atoms with E-state index in [0.717, 1.165) is 50.8 Å². The fraction of sp³-hybridized carbons (Fsp3) is 0.643. The van der Waals surface area contributed by atoms with E-state index in [1.807, 2.05) is 24.4 Å². The quantitative estimate of drug-likeness (QED) is 0.668. The van der Waals surface area contributed by atoms with Gasteiger partial charge in [-0.3, -0.25) is 4.98 Å². The van der Waals surface area contributed by atoms with Crippen LogP contribution in [0.4, 0.5) is 0 Å². The average molecular weight is 236 g/mol. The molecule has 3 nitrogen and oxygen atoms in total. The number of ether oxygens (including phenoxy) is 1. The van der Waals surface area contributed by atoms with E-state index in [1.54, 1.807) is 0 Å². The van der Waals surface area contributed by atoms with Crippen molar-refractivity contribution in [3.8, 4) is 0 Å². The zero-order valence-electron chi connectivity index (χ0n) is 11.0. The number of hydrogen-bond acceptors (Lipinski definition) is 3. The summed E-state index contributed by atoms with van der Waals surface area (Å²) in [7, 11) is 0. The van der Waals surface area contributed by atoms with E-state index < -0.39 is 0 Å². The van der Waals surface area contributed by atoms with E-state index in [1.165, 1.54) is 0 Å². The summed E-state index contributed by atoms with van der Waals surface area (Å²) < 4.78 is 5.56. The topological polar surface area (TPSA) is 34.1 Å². The second-order valence-electron chi connectivity index (χ2n) is 4.63. The molecule has 0 amide bonds. The second kappa shape index (κ2) is 9.14. The SMILES string of the molecule is CC(C)CNCCCOCCc1ccccn1. The summed E-state index contributed by atoms with van der Waals surface area (Å²) in [6.07, 6.45) is 3.81. The van der Waals surface area contributed by atoms with Gasteiger partial charge in [-0.15, -0.1) is 0 Å². The van der Waals surface area contributed by atoms with Gasteiger partial charge in [0.2, 0.25) is 0 Å². The normalized spacial score (nSPS) is 11.0. The van der Waals surface area contributed by atoms with Gasteiger partial charge in [0.05, 0.1) is 6.61 Å². The van der Waals surface area contributed by atoms with Crippen molar-refractivity contribution in [3.63, 3.8) is 0 Å². The van der Waals surface area contributed by atoms with E-state index in [-0.39, 0.29) is 0 Å². The fourth-order valence-electron chi connectivity index (χ4n) is 1.51. The van der Waals surface area contributed by atoms with Gasteiger partial charge in [-0.1, -0.05) is 19.9 Å². The van der Waals surface area contributed by atoms with Crippen molar-refractivity contribution in [2.24, 2.45) is 5.92 Å². The van der Waals surface area contributed by atoms with E-state index in [2.05, 4.69) is 24.1 Å². The van der Waals surface area contributed by atoms with E-state index in [4.69, 9.17) is 4.74 Å². The monoisotopic (exact) mass is 236 g/mol. The average Bonchev–Trinajstić information content (AvgIpc) is 2.33. The molecule has 0 aliphatic heterocycles. The van der Waals surface area contributed by atoms with Crippen molar-refractivity contribution < 1.29 is 4.74 Å². The molecular formula is C14H24N2O. The molecule has 17 heavy (non-hydrogen) atoms. The van der Waals surface area contributed by atoms with Crippen molar-refractivity contribution in [2.75, 3.05) is 26.3 Å². The van der Waals surface area contributed by atoms with Gasteiger partial charge in [0.15, 0.2) is 0 Å². The Balaban J connectivity index is 1.88. The Morgan fingerprint density at radius 2 is 2.18 bits per heavy atom. The van der Waals surface area contributed by atoms with Crippen molar-refractivity contribution in [3.05, 3.63) is 30.1 Å². The van der Waals surface area contributed by atoms with Gasteiger partial charge < -0.3 is 10.1 Å². The maximum Gasteiger partial charge on any atom is 0.0521 e. The van der Waals surface area contributed by atoms with E-state index in [9.17, 15) is 0 Å². The first kappa shape index (κ1) is 14.1. The Labute approximate surface area is 105 Å². The highest BCUT2D eigenvalue weighted by molar-refractivity contribution is 5.03. The first-order valence-corrected chi connectivity index (χ1v) is 6.47. The molecule has 0 unspecified atom stereocenters. The fourth-order valence-corrected chi connectivity index (χ4v) is 1.51. The molecule has 1 heterocycles. The van der Waals surface area contributed by atoms with Crippen LogP contribution in [0, 0.1) is 5.92 Å². The molecule has 1 aromatic heterocycles. The van der Waals surface area contributed by atoms with Crippen molar-refractivity contribution >= 4 is 0 Å². The van der Waals surface area contributed by atoms with Crippen LogP contribution < -0.4 is 5.32 Å².